The zero-order chi connectivity index (χ0) is 14.9. The maximum absolute atomic E-state index is 10.9. The molecule has 0 bridgehead atoms. The van der Waals surface area contributed by atoms with Crippen LogP contribution in [-0.4, -0.2) is 15.1 Å². The van der Waals surface area contributed by atoms with Gasteiger partial charge in [-0.15, -0.1) is 12.4 Å². The van der Waals surface area contributed by atoms with Crippen molar-refractivity contribution < 1.29 is 14.2 Å². The first-order valence-corrected chi connectivity index (χ1v) is 6.57. The minimum absolute atomic E-state index is 0. The molecule has 0 saturated heterocycles. The Morgan fingerprint density at radius 2 is 2.14 bits per heavy atom. The molecule has 9 heteroatoms. The number of rotatable bonds is 5. The van der Waals surface area contributed by atoms with Crippen molar-refractivity contribution >= 4 is 18.1 Å². The normalized spacial score (nSPS) is 15.5. The topological polar surface area (TPSA) is 117 Å². The zero-order valence-corrected chi connectivity index (χ0v) is 12.4. The number of hydrogen-bond acceptors (Lipinski definition) is 7. The summed E-state index contributed by atoms with van der Waals surface area (Å²) in [4.78, 5) is 14.6. The third-order valence-electron chi connectivity index (χ3n) is 3.57. The lowest BCUT2D eigenvalue weighted by molar-refractivity contribution is -0.386. The zero-order valence-electron chi connectivity index (χ0n) is 11.6. The maximum atomic E-state index is 10.9. The second-order valence-corrected chi connectivity index (χ2v) is 5.03. The van der Waals surface area contributed by atoms with Gasteiger partial charge in [-0.25, -0.2) is 0 Å². The third-order valence-corrected chi connectivity index (χ3v) is 3.57. The number of para-hydroxylation sites is 2. The number of nitro benzene ring substituents is 1. The predicted molar refractivity (Wildman–Crippen MR) is 78.7 cm³/mol. The molecule has 0 aliphatic heterocycles. The lowest BCUT2D eigenvalue weighted by Crippen LogP contribution is -2.44. The quantitative estimate of drug-likeness (QED) is 0.661. The van der Waals surface area contributed by atoms with Crippen molar-refractivity contribution in [1.29, 1.82) is 0 Å². The smallest absolute Gasteiger partial charge is 0.310 e. The van der Waals surface area contributed by atoms with Crippen LogP contribution in [0.3, 0.4) is 0 Å². The molecule has 118 valence electrons. The summed E-state index contributed by atoms with van der Waals surface area (Å²) in [6, 6.07) is 6.12. The molecule has 1 aromatic heterocycles. The Hall–Kier alpha value is -2.19. The van der Waals surface area contributed by atoms with E-state index < -0.39 is 10.5 Å². The van der Waals surface area contributed by atoms with Gasteiger partial charge in [-0.1, -0.05) is 17.3 Å². The van der Waals surface area contributed by atoms with E-state index in [1.54, 1.807) is 12.1 Å². The monoisotopic (exact) mass is 326 g/mol. The van der Waals surface area contributed by atoms with Crippen LogP contribution >= 0.6 is 12.4 Å². The van der Waals surface area contributed by atoms with Gasteiger partial charge in [0.15, 0.2) is 18.2 Å². The fourth-order valence-corrected chi connectivity index (χ4v) is 2.17. The number of ether oxygens (including phenoxy) is 1. The average Bonchev–Trinajstić information content (AvgIpc) is 2.92. The van der Waals surface area contributed by atoms with Crippen LogP contribution in [0.25, 0.3) is 0 Å². The largest absolute Gasteiger partial charge is 0.477 e. The lowest BCUT2D eigenvalue weighted by Gasteiger charge is -2.34. The molecule has 0 radical (unpaired) electrons. The van der Waals surface area contributed by atoms with E-state index in [4.69, 9.17) is 15.0 Å². The van der Waals surface area contributed by atoms with Gasteiger partial charge < -0.3 is 15.0 Å². The van der Waals surface area contributed by atoms with E-state index >= 15 is 0 Å². The number of nitrogens with two attached hydrogens (primary N) is 1. The van der Waals surface area contributed by atoms with Crippen molar-refractivity contribution in [2.75, 3.05) is 0 Å². The van der Waals surface area contributed by atoms with Crippen LogP contribution in [0, 0.1) is 10.1 Å². The first kappa shape index (κ1) is 16.2. The molecule has 2 aromatic rings. The summed E-state index contributed by atoms with van der Waals surface area (Å²) in [7, 11) is 0. The van der Waals surface area contributed by atoms with Crippen LogP contribution in [0.4, 0.5) is 5.69 Å². The number of halogens is 1. The molecule has 22 heavy (non-hydrogen) atoms. The SMILES string of the molecule is Cl.NC1(c2noc(COc3ccccc3[N+](=O)[O-])n2)CCC1. The molecule has 1 aromatic carbocycles. The Bertz CT molecular complexity index is 672. The highest BCUT2D eigenvalue weighted by Gasteiger charge is 2.39. The molecule has 0 atom stereocenters. The molecular formula is C13H15ClN4O4. The Kier molecular flexibility index (Phi) is 4.62. The van der Waals surface area contributed by atoms with E-state index in [-0.39, 0.29) is 36.3 Å². The Morgan fingerprint density at radius 3 is 2.77 bits per heavy atom. The van der Waals surface area contributed by atoms with E-state index in [1.807, 2.05) is 0 Å². The summed E-state index contributed by atoms with van der Waals surface area (Å²) < 4.78 is 10.5. The first-order valence-electron chi connectivity index (χ1n) is 6.57. The lowest BCUT2D eigenvalue weighted by atomic mass is 9.77. The van der Waals surface area contributed by atoms with Crippen LogP contribution in [0.1, 0.15) is 31.0 Å². The van der Waals surface area contributed by atoms with Gasteiger partial charge >= 0.3 is 5.69 Å². The Balaban J connectivity index is 0.00000176. The molecule has 0 amide bonds. The summed E-state index contributed by atoms with van der Waals surface area (Å²) in [6.45, 7) is -0.0338. The van der Waals surface area contributed by atoms with Crippen LogP contribution in [0.2, 0.25) is 0 Å². The molecule has 3 rings (SSSR count). The fourth-order valence-electron chi connectivity index (χ4n) is 2.17. The molecule has 1 aliphatic rings. The summed E-state index contributed by atoms with van der Waals surface area (Å²) in [5.74, 6) is 0.878. The van der Waals surface area contributed by atoms with Gasteiger partial charge in [0.25, 0.3) is 5.89 Å². The van der Waals surface area contributed by atoms with E-state index in [0.29, 0.717) is 5.82 Å². The molecule has 0 spiro atoms. The molecule has 1 saturated carbocycles. The Labute approximate surface area is 132 Å². The number of benzene rings is 1. The van der Waals surface area contributed by atoms with Gasteiger partial charge in [0.1, 0.15) is 0 Å². The second-order valence-electron chi connectivity index (χ2n) is 5.03. The highest BCUT2D eigenvalue weighted by molar-refractivity contribution is 5.85. The first-order chi connectivity index (χ1) is 10.1. The summed E-state index contributed by atoms with van der Waals surface area (Å²) >= 11 is 0. The van der Waals surface area contributed by atoms with Gasteiger partial charge in [-0.3, -0.25) is 10.1 Å². The summed E-state index contributed by atoms with van der Waals surface area (Å²) in [6.07, 6.45) is 2.71. The van der Waals surface area contributed by atoms with Gasteiger partial charge in [0, 0.05) is 6.07 Å². The van der Waals surface area contributed by atoms with Crippen LogP contribution in [0.5, 0.6) is 5.75 Å². The molecular weight excluding hydrogens is 312 g/mol. The summed E-state index contributed by atoms with van der Waals surface area (Å²) in [5, 5.41) is 14.7. The second kappa shape index (κ2) is 6.29. The van der Waals surface area contributed by atoms with Gasteiger partial charge in [0.2, 0.25) is 0 Å². The van der Waals surface area contributed by atoms with E-state index in [1.165, 1.54) is 12.1 Å². The maximum Gasteiger partial charge on any atom is 0.310 e. The number of nitro groups is 1. The van der Waals surface area contributed by atoms with E-state index in [9.17, 15) is 10.1 Å². The van der Waals surface area contributed by atoms with Crippen molar-refractivity contribution in [2.45, 2.75) is 31.4 Å². The van der Waals surface area contributed by atoms with Gasteiger partial charge in [-0.05, 0) is 25.3 Å². The minimum Gasteiger partial charge on any atom is -0.477 e. The third kappa shape index (κ3) is 3.02. The van der Waals surface area contributed by atoms with Crippen molar-refractivity contribution in [2.24, 2.45) is 5.73 Å². The van der Waals surface area contributed by atoms with Crippen molar-refractivity contribution in [1.82, 2.24) is 10.1 Å². The van der Waals surface area contributed by atoms with Crippen LogP contribution in [0.15, 0.2) is 28.8 Å². The highest BCUT2D eigenvalue weighted by atomic mass is 35.5. The summed E-state index contributed by atoms with van der Waals surface area (Å²) in [5.41, 5.74) is 5.49. The molecule has 1 heterocycles. The van der Waals surface area contributed by atoms with Crippen molar-refractivity contribution in [3.63, 3.8) is 0 Å². The molecule has 1 aliphatic carbocycles. The number of hydrogen-bond donors (Lipinski definition) is 1. The van der Waals surface area contributed by atoms with Gasteiger partial charge in [-0.2, -0.15) is 4.98 Å². The number of nitrogens with zero attached hydrogens (tertiary/aromatic N) is 3. The van der Waals surface area contributed by atoms with Crippen LogP contribution in [-0.2, 0) is 12.1 Å². The standard InChI is InChI=1S/C13H14N4O4.ClH/c14-13(6-3-7-13)12-15-11(21-16-12)8-20-10-5-2-1-4-9(10)17(18)19;/h1-2,4-5H,3,6-8,14H2;1H. The predicted octanol–water partition coefficient (Wildman–Crippen LogP) is 2.32. The molecule has 8 nitrogen and oxygen atoms in total. The van der Waals surface area contributed by atoms with Gasteiger partial charge in [0.05, 0.1) is 10.5 Å². The van der Waals surface area contributed by atoms with Crippen molar-refractivity contribution in [3.05, 3.63) is 46.1 Å². The van der Waals surface area contributed by atoms with Crippen molar-refractivity contribution in [3.8, 4) is 5.75 Å². The highest BCUT2D eigenvalue weighted by Crippen LogP contribution is 2.37. The van der Waals surface area contributed by atoms with E-state index in [2.05, 4.69) is 10.1 Å². The molecule has 2 N–H and O–H groups in total. The van der Waals surface area contributed by atoms with E-state index in [0.717, 1.165) is 19.3 Å². The average molecular weight is 327 g/mol. The fraction of sp³-hybridized carbons (Fsp3) is 0.385. The Morgan fingerprint density at radius 1 is 1.41 bits per heavy atom. The molecule has 1 fully saturated rings. The molecule has 0 unspecified atom stereocenters. The number of aromatic nitrogens is 2. The minimum atomic E-state index is -0.502. The van der Waals surface area contributed by atoms with Crippen LogP contribution < -0.4 is 10.5 Å².